The lowest BCUT2D eigenvalue weighted by molar-refractivity contribution is 0.0937. The van der Waals surface area contributed by atoms with Crippen molar-refractivity contribution in [2.45, 2.75) is 58.4 Å². The lowest BCUT2D eigenvalue weighted by atomic mass is 10.1. The van der Waals surface area contributed by atoms with E-state index in [1.54, 1.807) is 0 Å². The van der Waals surface area contributed by atoms with Crippen molar-refractivity contribution in [1.82, 2.24) is 10.3 Å². The maximum atomic E-state index is 12.4. The molecule has 1 fully saturated rings. The topological polar surface area (TPSA) is 54.0 Å². The van der Waals surface area contributed by atoms with Gasteiger partial charge in [0.15, 0.2) is 0 Å². The van der Waals surface area contributed by atoms with E-state index < -0.39 is 0 Å². The second-order valence-electron chi connectivity index (χ2n) is 5.81. The first-order valence-electron chi connectivity index (χ1n) is 7.67. The Hall–Kier alpha value is -1.58. The fourth-order valence-electron chi connectivity index (χ4n) is 2.59. The van der Waals surface area contributed by atoms with Gasteiger partial charge < -0.3 is 10.6 Å². The molecule has 1 aliphatic carbocycles. The molecule has 1 heterocycles. The summed E-state index contributed by atoms with van der Waals surface area (Å²) in [6, 6.07) is 4.11. The number of hydrogen-bond donors (Lipinski definition) is 2. The van der Waals surface area contributed by atoms with Crippen molar-refractivity contribution in [3.05, 3.63) is 23.4 Å². The maximum Gasteiger partial charge on any atom is 0.251 e. The van der Waals surface area contributed by atoms with Crippen LogP contribution in [0.3, 0.4) is 0 Å². The number of rotatable bonds is 5. The van der Waals surface area contributed by atoms with Crippen molar-refractivity contribution in [1.29, 1.82) is 0 Å². The molecule has 2 N–H and O–H groups in total. The molecular weight excluding hydrogens is 250 g/mol. The predicted molar refractivity (Wildman–Crippen MR) is 82.2 cm³/mol. The van der Waals surface area contributed by atoms with Gasteiger partial charge in [0.1, 0.15) is 5.82 Å². The number of amides is 1. The van der Waals surface area contributed by atoms with Crippen LogP contribution >= 0.6 is 0 Å². The number of anilines is 1. The van der Waals surface area contributed by atoms with Gasteiger partial charge in [-0.1, -0.05) is 26.7 Å². The minimum Gasteiger partial charge on any atom is -0.370 e. The lowest BCUT2D eigenvalue weighted by Gasteiger charge is -2.15. The Bertz CT molecular complexity index is 465. The molecule has 0 saturated heterocycles. The molecule has 2 rings (SSSR count). The van der Waals surface area contributed by atoms with Crippen LogP contribution in [-0.2, 0) is 0 Å². The molecule has 0 aromatic carbocycles. The van der Waals surface area contributed by atoms with Crippen LogP contribution in [-0.4, -0.2) is 23.5 Å². The van der Waals surface area contributed by atoms with Gasteiger partial charge in [-0.15, -0.1) is 0 Å². The molecule has 1 aromatic heterocycles. The number of nitrogens with zero attached hydrogens (tertiary/aromatic N) is 1. The largest absolute Gasteiger partial charge is 0.370 e. The summed E-state index contributed by atoms with van der Waals surface area (Å²) in [5.41, 5.74) is 1.67. The average molecular weight is 275 g/mol. The number of hydrogen-bond acceptors (Lipinski definition) is 3. The Labute approximate surface area is 121 Å². The highest BCUT2D eigenvalue weighted by atomic mass is 16.1. The first-order valence-corrected chi connectivity index (χ1v) is 7.67. The van der Waals surface area contributed by atoms with Crippen LogP contribution in [0.1, 0.15) is 68.4 Å². The van der Waals surface area contributed by atoms with E-state index in [1.165, 1.54) is 12.8 Å². The molecule has 4 nitrogen and oxygen atoms in total. The number of carbonyl (C=O) groups excluding carboxylic acids is 1. The van der Waals surface area contributed by atoms with Gasteiger partial charge in [-0.05, 0) is 37.8 Å². The van der Waals surface area contributed by atoms with E-state index in [0.717, 1.165) is 30.9 Å². The fraction of sp³-hybridized carbons (Fsp3) is 0.625. The zero-order chi connectivity index (χ0) is 14.5. The van der Waals surface area contributed by atoms with E-state index in [0.29, 0.717) is 17.5 Å². The molecule has 0 unspecified atom stereocenters. The number of carbonyl (C=O) groups is 1. The summed E-state index contributed by atoms with van der Waals surface area (Å²) < 4.78 is 0. The van der Waals surface area contributed by atoms with Crippen LogP contribution in [0.4, 0.5) is 5.82 Å². The lowest BCUT2D eigenvalue weighted by Crippen LogP contribution is -2.32. The van der Waals surface area contributed by atoms with Gasteiger partial charge in [0.2, 0.25) is 0 Å². The Morgan fingerprint density at radius 3 is 2.65 bits per heavy atom. The second-order valence-corrected chi connectivity index (χ2v) is 5.81. The zero-order valence-electron chi connectivity index (χ0n) is 12.7. The Morgan fingerprint density at radius 2 is 2.05 bits per heavy atom. The molecule has 110 valence electrons. The van der Waals surface area contributed by atoms with E-state index in [2.05, 4.69) is 29.5 Å². The molecule has 1 amide bonds. The van der Waals surface area contributed by atoms with Crippen LogP contribution in [0, 0.1) is 0 Å². The highest BCUT2D eigenvalue weighted by Crippen LogP contribution is 2.20. The molecule has 0 radical (unpaired) electrons. The van der Waals surface area contributed by atoms with E-state index in [1.807, 2.05) is 19.1 Å². The smallest absolute Gasteiger partial charge is 0.251 e. The monoisotopic (exact) mass is 275 g/mol. The molecule has 1 saturated carbocycles. The molecular formula is C16H25N3O. The van der Waals surface area contributed by atoms with Gasteiger partial charge in [0, 0.05) is 23.8 Å². The van der Waals surface area contributed by atoms with E-state index in [-0.39, 0.29) is 5.91 Å². The van der Waals surface area contributed by atoms with E-state index >= 15 is 0 Å². The van der Waals surface area contributed by atoms with Crippen LogP contribution < -0.4 is 10.6 Å². The number of pyridine rings is 1. The summed E-state index contributed by atoms with van der Waals surface area (Å²) >= 11 is 0. The highest BCUT2D eigenvalue weighted by molar-refractivity contribution is 5.95. The van der Waals surface area contributed by atoms with Gasteiger partial charge in [0.05, 0.1) is 0 Å². The first-order chi connectivity index (χ1) is 9.60. The molecule has 0 atom stereocenters. The quantitative estimate of drug-likeness (QED) is 0.867. The minimum atomic E-state index is 0.0281. The van der Waals surface area contributed by atoms with Gasteiger partial charge in [-0.2, -0.15) is 0 Å². The molecule has 0 aliphatic heterocycles. The van der Waals surface area contributed by atoms with Crippen molar-refractivity contribution < 1.29 is 4.79 Å². The average Bonchev–Trinajstić information content (AvgIpc) is 2.91. The third-order valence-electron chi connectivity index (χ3n) is 3.75. The first kappa shape index (κ1) is 14.8. The van der Waals surface area contributed by atoms with Gasteiger partial charge >= 0.3 is 0 Å². The zero-order valence-corrected chi connectivity index (χ0v) is 12.7. The van der Waals surface area contributed by atoms with Crippen molar-refractivity contribution in [2.75, 3.05) is 11.9 Å². The summed E-state index contributed by atoms with van der Waals surface area (Å²) in [7, 11) is 0. The van der Waals surface area contributed by atoms with Crippen molar-refractivity contribution in [2.24, 2.45) is 0 Å². The molecule has 20 heavy (non-hydrogen) atoms. The van der Waals surface area contributed by atoms with Crippen LogP contribution in [0.15, 0.2) is 12.1 Å². The summed E-state index contributed by atoms with van der Waals surface area (Å²) in [5.74, 6) is 1.13. The van der Waals surface area contributed by atoms with Crippen molar-refractivity contribution >= 4 is 11.7 Å². The van der Waals surface area contributed by atoms with Crippen LogP contribution in [0.25, 0.3) is 0 Å². The standard InChI is InChI=1S/C16H25N3O/c1-4-17-15-10-12(9-14(19-15)11(2)3)16(20)18-13-7-5-6-8-13/h9-11,13H,4-8H2,1-3H3,(H,17,19)(H,18,20). The second kappa shape index (κ2) is 6.73. The highest BCUT2D eigenvalue weighted by Gasteiger charge is 2.19. The molecule has 1 aromatic rings. The summed E-state index contributed by atoms with van der Waals surface area (Å²) in [5, 5.41) is 6.34. The van der Waals surface area contributed by atoms with Crippen LogP contribution in [0.5, 0.6) is 0 Å². The number of nitrogens with one attached hydrogen (secondary N) is 2. The van der Waals surface area contributed by atoms with Gasteiger partial charge in [-0.25, -0.2) is 4.98 Å². The normalized spacial score (nSPS) is 15.6. The summed E-state index contributed by atoms with van der Waals surface area (Å²) in [4.78, 5) is 16.9. The maximum absolute atomic E-state index is 12.4. The molecule has 1 aliphatic rings. The van der Waals surface area contributed by atoms with Crippen LogP contribution in [0.2, 0.25) is 0 Å². The van der Waals surface area contributed by atoms with E-state index in [4.69, 9.17) is 0 Å². The Balaban J connectivity index is 2.17. The summed E-state index contributed by atoms with van der Waals surface area (Å²) in [6.45, 7) is 7.02. The van der Waals surface area contributed by atoms with Gasteiger partial charge in [0.25, 0.3) is 5.91 Å². The van der Waals surface area contributed by atoms with Crippen molar-refractivity contribution in [3.63, 3.8) is 0 Å². The van der Waals surface area contributed by atoms with Crippen molar-refractivity contribution in [3.8, 4) is 0 Å². The SMILES string of the molecule is CCNc1cc(C(=O)NC2CCCC2)cc(C(C)C)n1. The third-order valence-corrected chi connectivity index (χ3v) is 3.75. The molecule has 0 bridgehead atoms. The number of aromatic nitrogens is 1. The Morgan fingerprint density at radius 1 is 1.35 bits per heavy atom. The Kier molecular flexibility index (Phi) is 4.99. The molecule has 0 spiro atoms. The predicted octanol–water partition coefficient (Wildman–Crippen LogP) is 3.31. The van der Waals surface area contributed by atoms with E-state index in [9.17, 15) is 4.79 Å². The fourth-order valence-corrected chi connectivity index (χ4v) is 2.59. The molecule has 4 heteroatoms. The summed E-state index contributed by atoms with van der Waals surface area (Å²) in [6.07, 6.45) is 4.66. The third kappa shape index (κ3) is 3.71. The van der Waals surface area contributed by atoms with Gasteiger partial charge in [-0.3, -0.25) is 4.79 Å². The minimum absolute atomic E-state index is 0.0281.